The van der Waals surface area contributed by atoms with Crippen LogP contribution in [0.15, 0.2) is 0 Å². The summed E-state index contributed by atoms with van der Waals surface area (Å²) in [6.07, 6.45) is 14.4. The van der Waals surface area contributed by atoms with Crippen molar-refractivity contribution in [2.45, 2.75) is 97.8 Å². The molecule has 0 bridgehead atoms. The topological polar surface area (TPSA) is 52.3 Å². The number of hydrogen-bond acceptors (Lipinski definition) is 2. The maximum absolute atomic E-state index is 10.4. The standard InChI is InChI=1S/C12H25NO.C6H14O/c1-2-3-4-5-6-7-8-9-10-11-12(13)14;1-3-5-7-6-4-2/h2-11H2,1H3,(H2,13,14);3-6H2,1-2H3. The first-order chi connectivity index (χ1) is 10.2. The molecule has 0 saturated carbocycles. The van der Waals surface area contributed by atoms with Crippen LogP contribution < -0.4 is 5.73 Å². The number of primary amides is 1. The summed E-state index contributed by atoms with van der Waals surface area (Å²) in [5.41, 5.74) is 5.05. The van der Waals surface area contributed by atoms with Crippen molar-refractivity contribution in [3.8, 4) is 0 Å². The van der Waals surface area contributed by atoms with Crippen LogP contribution in [0.5, 0.6) is 0 Å². The third-order valence-corrected chi connectivity index (χ3v) is 3.22. The molecule has 0 fully saturated rings. The average Bonchev–Trinajstić information content (AvgIpc) is 2.46. The van der Waals surface area contributed by atoms with E-state index in [9.17, 15) is 4.79 Å². The van der Waals surface area contributed by atoms with E-state index < -0.39 is 0 Å². The van der Waals surface area contributed by atoms with Gasteiger partial charge < -0.3 is 10.5 Å². The number of nitrogens with two attached hydrogens (primary N) is 1. The molecule has 3 heteroatoms. The quantitative estimate of drug-likeness (QED) is 0.447. The van der Waals surface area contributed by atoms with Gasteiger partial charge in [-0.05, 0) is 19.3 Å². The van der Waals surface area contributed by atoms with Crippen molar-refractivity contribution in [2.75, 3.05) is 13.2 Å². The van der Waals surface area contributed by atoms with Crippen LogP contribution in [0.25, 0.3) is 0 Å². The van der Waals surface area contributed by atoms with Crippen LogP contribution in [0.3, 0.4) is 0 Å². The second kappa shape index (κ2) is 21.7. The van der Waals surface area contributed by atoms with Crippen LogP contribution in [-0.2, 0) is 9.53 Å². The number of hydrogen-bond donors (Lipinski definition) is 1. The van der Waals surface area contributed by atoms with Crippen LogP contribution in [-0.4, -0.2) is 19.1 Å². The van der Waals surface area contributed by atoms with Crippen LogP contribution in [0.1, 0.15) is 97.8 Å². The first-order valence-corrected chi connectivity index (χ1v) is 9.05. The highest BCUT2D eigenvalue weighted by Crippen LogP contribution is 2.10. The molecule has 21 heavy (non-hydrogen) atoms. The number of rotatable bonds is 14. The van der Waals surface area contributed by atoms with Crippen molar-refractivity contribution in [1.29, 1.82) is 0 Å². The minimum absolute atomic E-state index is 0.159. The molecule has 3 nitrogen and oxygen atoms in total. The van der Waals surface area contributed by atoms with E-state index in [1.807, 2.05) is 0 Å². The molecule has 0 aliphatic carbocycles. The Hall–Kier alpha value is -0.570. The lowest BCUT2D eigenvalue weighted by Gasteiger charge is -2.00. The van der Waals surface area contributed by atoms with E-state index in [-0.39, 0.29) is 5.91 Å². The molecule has 128 valence electrons. The van der Waals surface area contributed by atoms with Crippen molar-refractivity contribution in [2.24, 2.45) is 5.73 Å². The summed E-state index contributed by atoms with van der Waals surface area (Å²) in [4.78, 5) is 10.4. The maximum atomic E-state index is 10.4. The lowest BCUT2D eigenvalue weighted by molar-refractivity contribution is -0.118. The predicted molar refractivity (Wildman–Crippen MR) is 92.4 cm³/mol. The van der Waals surface area contributed by atoms with Crippen LogP contribution in [0.4, 0.5) is 0 Å². The zero-order valence-electron chi connectivity index (χ0n) is 14.8. The van der Waals surface area contributed by atoms with Crippen molar-refractivity contribution in [3.63, 3.8) is 0 Å². The van der Waals surface area contributed by atoms with Crippen molar-refractivity contribution in [1.82, 2.24) is 0 Å². The summed E-state index contributed by atoms with van der Waals surface area (Å²) < 4.78 is 5.13. The summed E-state index contributed by atoms with van der Waals surface area (Å²) in [7, 11) is 0. The zero-order chi connectivity index (χ0) is 16.2. The Morgan fingerprint density at radius 3 is 1.52 bits per heavy atom. The van der Waals surface area contributed by atoms with Gasteiger partial charge in [0.2, 0.25) is 5.91 Å². The Labute approximate surface area is 133 Å². The molecular weight excluding hydrogens is 262 g/mol. The molecule has 2 N–H and O–H groups in total. The predicted octanol–water partition coefficient (Wildman–Crippen LogP) is 5.22. The molecule has 0 radical (unpaired) electrons. The SMILES string of the molecule is CCCCCCCCCCCC(N)=O.CCCOCCC. The highest BCUT2D eigenvalue weighted by atomic mass is 16.5. The molecule has 0 aliphatic heterocycles. The monoisotopic (exact) mass is 301 g/mol. The van der Waals surface area contributed by atoms with Gasteiger partial charge in [0, 0.05) is 19.6 Å². The average molecular weight is 302 g/mol. The van der Waals surface area contributed by atoms with Gasteiger partial charge in [0.1, 0.15) is 0 Å². The first kappa shape index (κ1) is 22.7. The van der Waals surface area contributed by atoms with E-state index in [1.165, 1.54) is 44.9 Å². The maximum Gasteiger partial charge on any atom is 0.217 e. The molecule has 0 unspecified atom stereocenters. The number of carbonyl (C=O) groups excluding carboxylic acids is 1. The van der Waals surface area contributed by atoms with E-state index >= 15 is 0 Å². The molecular formula is C18H39NO2. The fraction of sp³-hybridized carbons (Fsp3) is 0.944. The van der Waals surface area contributed by atoms with Gasteiger partial charge in [0.15, 0.2) is 0 Å². The van der Waals surface area contributed by atoms with Gasteiger partial charge in [-0.25, -0.2) is 0 Å². The van der Waals surface area contributed by atoms with E-state index in [4.69, 9.17) is 10.5 Å². The fourth-order valence-electron chi connectivity index (χ4n) is 2.00. The molecule has 0 saturated heterocycles. The lowest BCUT2D eigenvalue weighted by Crippen LogP contribution is -2.09. The van der Waals surface area contributed by atoms with Gasteiger partial charge in [0.25, 0.3) is 0 Å². The highest BCUT2D eigenvalue weighted by Gasteiger charge is 1.94. The molecule has 0 aromatic rings. The number of unbranched alkanes of at least 4 members (excludes halogenated alkanes) is 8. The normalized spacial score (nSPS) is 10.0. The van der Waals surface area contributed by atoms with Gasteiger partial charge in [-0.3, -0.25) is 4.79 Å². The Kier molecular flexibility index (Phi) is 23.5. The van der Waals surface area contributed by atoms with E-state index in [2.05, 4.69) is 20.8 Å². The third-order valence-electron chi connectivity index (χ3n) is 3.22. The minimum atomic E-state index is -0.159. The second-order valence-electron chi connectivity index (χ2n) is 5.66. The number of amides is 1. The van der Waals surface area contributed by atoms with Gasteiger partial charge in [-0.1, -0.05) is 72.1 Å². The Morgan fingerprint density at radius 1 is 0.714 bits per heavy atom. The van der Waals surface area contributed by atoms with E-state index in [0.29, 0.717) is 6.42 Å². The minimum Gasteiger partial charge on any atom is -0.381 e. The summed E-state index contributed by atoms with van der Waals surface area (Å²) >= 11 is 0. The molecule has 0 atom stereocenters. The molecule has 0 aliphatic rings. The fourth-order valence-corrected chi connectivity index (χ4v) is 2.00. The highest BCUT2D eigenvalue weighted by molar-refractivity contribution is 5.73. The van der Waals surface area contributed by atoms with E-state index in [1.54, 1.807) is 0 Å². The van der Waals surface area contributed by atoms with Gasteiger partial charge in [-0.15, -0.1) is 0 Å². The van der Waals surface area contributed by atoms with Crippen LogP contribution in [0, 0.1) is 0 Å². The van der Waals surface area contributed by atoms with E-state index in [0.717, 1.165) is 38.9 Å². The largest absolute Gasteiger partial charge is 0.381 e. The first-order valence-electron chi connectivity index (χ1n) is 9.05. The zero-order valence-corrected chi connectivity index (χ0v) is 14.8. The summed E-state index contributed by atoms with van der Waals surface area (Å²) in [5.74, 6) is -0.159. The molecule has 0 heterocycles. The molecule has 1 amide bonds. The second-order valence-corrected chi connectivity index (χ2v) is 5.66. The number of carbonyl (C=O) groups is 1. The van der Waals surface area contributed by atoms with Gasteiger partial charge in [0.05, 0.1) is 0 Å². The molecule has 0 aromatic heterocycles. The third kappa shape index (κ3) is 28.3. The van der Waals surface area contributed by atoms with Gasteiger partial charge in [-0.2, -0.15) is 0 Å². The Bertz CT molecular complexity index is 192. The Morgan fingerprint density at radius 2 is 1.14 bits per heavy atom. The van der Waals surface area contributed by atoms with Crippen molar-refractivity contribution >= 4 is 5.91 Å². The number of ether oxygens (including phenoxy) is 1. The lowest BCUT2D eigenvalue weighted by atomic mass is 10.1. The van der Waals surface area contributed by atoms with Crippen LogP contribution in [0.2, 0.25) is 0 Å². The van der Waals surface area contributed by atoms with Crippen molar-refractivity contribution < 1.29 is 9.53 Å². The van der Waals surface area contributed by atoms with Crippen LogP contribution >= 0.6 is 0 Å². The Balaban J connectivity index is 0. The molecule has 0 aromatic carbocycles. The summed E-state index contributed by atoms with van der Waals surface area (Å²) in [5, 5.41) is 0. The van der Waals surface area contributed by atoms with Gasteiger partial charge >= 0.3 is 0 Å². The molecule has 0 rings (SSSR count). The summed E-state index contributed by atoms with van der Waals surface area (Å²) in [6.45, 7) is 8.33. The summed E-state index contributed by atoms with van der Waals surface area (Å²) in [6, 6.07) is 0. The molecule has 0 spiro atoms. The van der Waals surface area contributed by atoms with Crippen molar-refractivity contribution in [3.05, 3.63) is 0 Å². The smallest absolute Gasteiger partial charge is 0.217 e.